The summed E-state index contributed by atoms with van der Waals surface area (Å²) < 4.78 is 2.11. The van der Waals surface area contributed by atoms with Gasteiger partial charge in [-0.15, -0.1) is 0 Å². The minimum atomic E-state index is -0.531. The lowest BCUT2D eigenvalue weighted by Crippen LogP contribution is -2.45. The molecular weight excluding hydrogens is 364 g/mol. The van der Waals surface area contributed by atoms with Gasteiger partial charge in [-0.05, 0) is 70.2 Å². The fraction of sp³-hybridized carbons (Fsp3) is 0.652. The minimum Gasteiger partial charge on any atom is -0.353 e. The third-order valence-electron chi connectivity index (χ3n) is 6.19. The first-order valence-electron chi connectivity index (χ1n) is 11.2. The van der Waals surface area contributed by atoms with Crippen LogP contribution in [0.15, 0.2) is 30.0 Å². The van der Waals surface area contributed by atoms with E-state index in [1.807, 2.05) is 19.3 Å². The molecule has 0 spiro atoms. The third-order valence-corrected chi connectivity index (χ3v) is 6.19. The number of aryl methyl sites for hydroxylation is 1. The summed E-state index contributed by atoms with van der Waals surface area (Å²) in [5.41, 5.74) is 2.58. The fourth-order valence-electron chi connectivity index (χ4n) is 4.47. The van der Waals surface area contributed by atoms with E-state index >= 15 is 0 Å². The van der Waals surface area contributed by atoms with Gasteiger partial charge in [0.25, 0.3) is 0 Å². The molecule has 0 saturated carbocycles. The van der Waals surface area contributed by atoms with Crippen LogP contribution in [0.4, 0.5) is 0 Å². The Labute approximate surface area is 174 Å². The molecule has 1 saturated heterocycles. The monoisotopic (exact) mass is 400 g/mol. The maximum absolute atomic E-state index is 12.4. The number of amides is 2. The summed E-state index contributed by atoms with van der Waals surface area (Å²) in [5.74, 6) is -1.06. The fourth-order valence-corrected chi connectivity index (χ4v) is 4.47. The smallest absolute Gasteiger partial charge is 0.309 e. The van der Waals surface area contributed by atoms with Crippen LogP contribution >= 0.6 is 0 Å². The van der Waals surface area contributed by atoms with E-state index in [0.717, 1.165) is 32.4 Å². The second kappa shape index (κ2) is 11.2. The van der Waals surface area contributed by atoms with Gasteiger partial charge in [0, 0.05) is 32.0 Å². The van der Waals surface area contributed by atoms with Crippen molar-refractivity contribution >= 4 is 11.8 Å². The summed E-state index contributed by atoms with van der Waals surface area (Å²) in [7, 11) is 2.04. The maximum Gasteiger partial charge on any atom is 0.309 e. The molecule has 2 heterocycles. The number of rotatable bonds is 7. The van der Waals surface area contributed by atoms with Crippen LogP contribution in [0.25, 0.3) is 0 Å². The van der Waals surface area contributed by atoms with Crippen molar-refractivity contribution in [3.63, 3.8) is 0 Å². The Morgan fingerprint density at radius 1 is 1.03 bits per heavy atom. The maximum atomic E-state index is 12.4. The van der Waals surface area contributed by atoms with Crippen LogP contribution in [-0.4, -0.2) is 47.5 Å². The molecule has 3 rings (SSSR count). The van der Waals surface area contributed by atoms with Crippen molar-refractivity contribution in [1.82, 2.24) is 20.1 Å². The number of carbonyl (C=O) groups is 2. The molecule has 6 nitrogen and oxygen atoms in total. The first kappa shape index (κ1) is 21.6. The minimum absolute atomic E-state index is 0.0947. The Balaban J connectivity index is 1.51. The van der Waals surface area contributed by atoms with Gasteiger partial charge in [0.15, 0.2) is 0 Å². The lowest BCUT2D eigenvalue weighted by atomic mass is 9.97. The molecule has 1 fully saturated rings. The molecule has 1 atom stereocenters. The van der Waals surface area contributed by atoms with Crippen molar-refractivity contribution < 1.29 is 9.59 Å². The molecule has 1 aliphatic carbocycles. The van der Waals surface area contributed by atoms with Crippen molar-refractivity contribution in [2.75, 3.05) is 26.2 Å². The number of carbonyl (C=O) groups excluding carboxylic acids is 2. The molecule has 1 aromatic heterocycles. The molecule has 0 radical (unpaired) electrons. The molecule has 1 aliphatic heterocycles. The van der Waals surface area contributed by atoms with E-state index in [2.05, 4.69) is 32.2 Å². The second-order valence-corrected chi connectivity index (χ2v) is 8.33. The molecule has 2 aliphatic rings. The molecule has 0 aromatic carbocycles. The first-order chi connectivity index (χ1) is 14.1. The van der Waals surface area contributed by atoms with E-state index in [4.69, 9.17) is 0 Å². The van der Waals surface area contributed by atoms with Gasteiger partial charge >= 0.3 is 11.8 Å². The van der Waals surface area contributed by atoms with Gasteiger partial charge in [-0.3, -0.25) is 14.5 Å². The molecule has 6 heteroatoms. The number of allylic oxidation sites excluding steroid dienone is 1. The molecule has 29 heavy (non-hydrogen) atoms. The van der Waals surface area contributed by atoms with Gasteiger partial charge < -0.3 is 15.2 Å². The zero-order chi connectivity index (χ0) is 20.5. The van der Waals surface area contributed by atoms with Crippen LogP contribution in [0.1, 0.15) is 69.5 Å². The largest absolute Gasteiger partial charge is 0.353 e. The van der Waals surface area contributed by atoms with Gasteiger partial charge in [0.05, 0.1) is 6.04 Å². The van der Waals surface area contributed by atoms with E-state index in [1.165, 1.54) is 49.8 Å². The van der Waals surface area contributed by atoms with Crippen molar-refractivity contribution in [3.05, 3.63) is 35.7 Å². The highest BCUT2D eigenvalue weighted by molar-refractivity contribution is 6.35. The van der Waals surface area contributed by atoms with E-state index in [9.17, 15) is 9.59 Å². The molecule has 160 valence electrons. The summed E-state index contributed by atoms with van der Waals surface area (Å²) in [6.45, 7) is 3.06. The molecule has 2 amide bonds. The average Bonchev–Trinajstić information content (AvgIpc) is 2.99. The van der Waals surface area contributed by atoms with Crippen molar-refractivity contribution in [2.45, 2.75) is 63.8 Å². The number of likely N-dealkylation sites (tertiary alicyclic amines) is 1. The first-order valence-corrected chi connectivity index (χ1v) is 11.2. The number of aromatic nitrogens is 1. The van der Waals surface area contributed by atoms with Crippen molar-refractivity contribution in [1.29, 1.82) is 0 Å². The molecule has 0 unspecified atom stereocenters. The molecule has 2 N–H and O–H groups in total. The van der Waals surface area contributed by atoms with Crippen LogP contribution in [0.5, 0.6) is 0 Å². The average molecular weight is 401 g/mol. The Hall–Kier alpha value is -2.08. The summed E-state index contributed by atoms with van der Waals surface area (Å²) in [6, 6.07) is 4.24. The van der Waals surface area contributed by atoms with Crippen LogP contribution in [-0.2, 0) is 16.6 Å². The highest BCUT2D eigenvalue weighted by Gasteiger charge is 2.25. The Kier molecular flexibility index (Phi) is 8.35. The van der Waals surface area contributed by atoms with E-state index in [1.54, 1.807) is 0 Å². The quantitative estimate of drug-likeness (QED) is 0.546. The van der Waals surface area contributed by atoms with Crippen molar-refractivity contribution in [2.24, 2.45) is 7.05 Å². The Morgan fingerprint density at radius 3 is 2.45 bits per heavy atom. The van der Waals surface area contributed by atoms with Crippen molar-refractivity contribution in [3.8, 4) is 0 Å². The van der Waals surface area contributed by atoms with Crippen LogP contribution < -0.4 is 10.6 Å². The summed E-state index contributed by atoms with van der Waals surface area (Å²) >= 11 is 0. The lowest BCUT2D eigenvalue weighted by Gasteiger charge is -2.31. The zero-order valence-electron chi connectivity index (χ0n) is 17.8. The van der Waals surface area contributed by atoms with Crippen LogP contribution in [0.2, 0.25) is 0 Å². The second-order valence-electron chi connectivity index (χ2n) is 8.33. The third kappa shape index (κ3) is 6.46. The Bertz CT molecular complexity index is 701. The molecule has 0 bridgehead atoms. The molecular formula is C23H36N4O2. The predicted molar refractivity (Wildman–Crippen MR) is 115 cm³/mol. The van der Waals surface area contributed by atoms with Gasteiger partial charge in [-0.2, -0.15) is 0 Å². The number of nitrogens with zero attached hydrogens (tertiary/aromatic N) is 2. The van der Waals surface area contributed by atoms with Gasteiger partial charge in [-0.25, -0.2) is 0 Å². The summed E-state index contributed by atoms with van der Waals surface area (Å²) in [4.78, 5) is 27.0. The summed E-state index contributed by atoms with van der Waals surface area (Å²) in [5, 5.41) is 5.66. The summed E-state index contributed by atoms with van der Waals surface area (Å²) in [6.07, 6.45) is 14.8. The van der Waals surface area contributed by atoms with E-state index < -0.39 is 11.8 Å². The highest BCUT2D eigenvalue weighted by Crippen LogP contribution is 2.24. The lowest BCUT2D eigenvalue weighted by molar-refractivity contribution is -0.139. The van der Waals surface area contributed by atoms with Gasteiger partial charge in [0.2, 0.25) is 0 Å². The number of hydrogen-bond donors (Lipinski definition) is 2. The normalized spacial score (nSPS) is 19.1. The van der Waals surface area contributed by atoms with Crippen LogP contribution in [0.3, 0.4) is 0 Å². The topological polar surface area (TPSA) is 66.4 Å². The standard InChI is InChI=1S/C23H36N4O2/c1-26-15-9-12-20(26)21(27-16-7-2-3-8-17-27)18-25-23(29)22(28)24-14-13-19-10-5-4-6-11-19/h9-10,12,15,21H,2-8,11,13-14,16-18H2,1H3,(H,24,28)(H,25,29)/t21-/m0/s1. The Morgan fingerprint density at radius 2 is 1.79 bits per heavy atom. The van der Waals surface area contributed by atoms with E-state index in [0.29, 0.717) is 13.1 Å². The predicted octanol–water partition coefficient (Wildman–Crippen LogP) is 3.07. The van der Waals surface area contributed by atoms with Gasteiger partial charge in [-0.1, -0.05) is 24.5 Å². The SMILES string of the molecule is Cn1cccc1[C@H](CNC(=O)C(=O)NCCC1=CCCCC1)N1CCCCCC1. The number of hydrogen-bond acceptors (Lipinski definition) is 3. The zero-order valence-corrected chi connectivity index (χ0v) is 17.8. The van der Waals surface area contributed by atoms with E-state index in [-0.39, 0.29) is 6.04 Å². The van der Waals surface area contributed by atoms with Crippen LogP contribution in [0, 0.1) is 0 Å². The number of nitrogens with one attached hydrogen (secondary N) is 2. The highest BCUT2D eigenvalue weighted by atomic mass is 16.2. The van der Waals surface area contributed by atoms with Gasteiger partial charge in [0.1, 0.15) is 0 Å². The molecule has 1 aromatic rings.